The Morgan fingerprint density at radius 2 is 0.966 bits per heavy atom. The fraction of sp³-hybridized carbons (Fsp3) is 0.711. The van der Waals surface area contributed by atoms with Crippen LogP contribution in [0.5, 0.6) is 0 Å². The molecule has 0 saturated heterocycles. The fourth-order valence-electron chi connectivity index (χ4n) is 6.15. The van der Waals surface area contributed by atoms with Crippen LogP contribution >= 0.6 is 7.82 Å². The monoisotopic (exact) mass is 841 g/mol. The molecule has 58 heavy (non-hydrogen) atoms. The molecule has 1 aliphatic rings. The third kappa shape index (κ3) is 27.5. The smallest absolute Gasteiger partial charge is 0.457 e. The van der Waals surface area contributed by atoms with E-state index in [9.17, 15) is 39.8 Å². The molecule has 1 fully saturated rings. The van der Waals surface area contributed by atoms with E-state index in [0.29, 0.717) is 13.0 Å². The van der Waals surface area contributed by atoms with Crippen molar-refractivity contribution in [3.05, 3.63) is 72.9 Å². The Morgan fingerprint density at radius 3 is 1.47 bits per heavy atom. The number of esters is 1. The van der Waals surface area contributed by atoms with Crippen molar-refractivity contribution in [2.45, 2.75) is 185 Å². The summed E-state index contributed by atoms with van der Waals surface area (Å²) < 4.78 is 34.1. The van der Waals surface area contributed by atoms with Gasteiger partial charge >= 0.3 is 13.8 Å². The molecule has 0 aromatic heterocycles. The third-order valence-corrected chi connectivity index (χ3v) is 10.6. The Morgan fingerprint density at radius 1 is 0.552 bits per heavy atom. The lowest BCUT2D eigenvalue weighted by molar-refractivity contribution is -0.220. The highest BCUT2D eigenvalue weighted by Gasteiger charge is 2.51. The fourth-order valence-corrected chi connectivity index (χ4v) is 7.12. The maximum absolute atomic E-state index is 12.8. The second-order valence-electron chi connectivity index (χ2n) is 14.8. The third-order valence-electron chi connectivity index (χ3n) is 9.57. The van der Waals surface area contributed by atoms with Gasteiger partial charge in [-0.1, -0.05) is 132 Å². The molecule has 1 aliphatic carbocycles. The average Bonchev–Trinajstić information content (AvgIpc) is 3.21. The van der Waals surface area contributed by atoms with E-state index in [4.69, 9.17) is 18.5 Å². The van der Waals surface area contributed by atoms with Crippen LogP contribution in [-0.4, -0.2) is 98.9 Å². The Kier molecular flexibility index (Phi) is 33.0. The zero-order valence-corrected chi connectivity index (χ0v) is 36.2. The summed E-state index contributed by atoms with van der Waals surface area (Å²) in [6.07, 6.45) is 32.6. The van der Waals surface area contributed by atoms with Gasteiger partial charge in [0.25, 0.3) is 0 Å². The van der Waals surface area contributed by atoms with Crippen LogP contribution in [0.3, 0.4) is 0 Å². The summed E-state index contributed by atoms with van der Waals surface area (Å²) >= 11 is 0. The number of phosphoric ester groups is 1. The van der Waals surface area contributed by atoms with E-state index < -0.39 is 63.1 Å². The first-order valence-corrected chi connectivity index (χ1v) is 23.3. The van der Waals surface area contributed by atoms with Crippen molar-refractivity contribution in [2.24, 2.45) is 0 Å². The summed E-state index contributed by atoms with van der Waals surface area (Å²) in [7, 11) is -5.03. The lowest BCUT2D eigenvalue weighted by Gasteiger charge is -2.41. The first-order chi connectivity index (χ1) is 28.0. The molecule has 6 atom stereocenters. The zero-order chi connectivity index (χ0) is 42.7. The predicted octanol–water partition coefficient (Wildman–Crippen LogP) is 8.41. The molecular formula is C45H77O12P. The normalized spacial score (nSPS) is 23.4. The molecule has 0 spiro atoms. The highest BCUT2D eigenvalue weighted by atomic mass is 31.2. The van der Waals surface area contributed by atoms with E-state index in [1.165, 1.54) is 6.42 Å². The summed E-state index contributed by atoms with van der Waals surface area (Å²) in [5.41, 5.74) is 0. The maximum atomic E-state index is 12.8. The topological polar surface area (TPSA) is 192 Å². The number of carbonyl (C=O) groups excluding carboxylic acids is 1. The quantitative estimate of drug-likeness (QED) is 0.0155. The molecule has 13 heteroatoms. The van der Waals surface area contributed by atoms with Crippen LogP contribution in [0.2, 0.25) is 0 Å². The molecular weight excluding hydrogens is 763 g/mol. The summed E-state index contributed by atoms with van der Waals surface area (Å²) in [5.74, 6) is -0.500. The van der Waals surface area contributed by atoms with E-state index in [1.54, 1.807) is 0 Å². The van der Waals surface area contributed by atoms with Gasteiger partial charge in [-0.15, -0.1) is 0 Å². The summed E-state index contributed by atoms with van der Waals surface area (Å²) in [6.45, 7) is 3.95. The van der Waals surface area contributed by atoms with E-state index >= 15 is 0 Å². The van der Waals surface area contributed by atoms with Gasteiger partial charge in [-0.05, 0) is 77.0 Å². The van der Waals surface area contributed by atoms with Crippen molar-refractivity contribution in [3.8, 4) is 0 Å². The van der Waals surface area contributed by atoms with Gasteiger partial charge in [-0.2, -0.15) is 0 Å². The molecule has 6 N–H and O–H groups in total. The lowest BCUT2D eigenvalue weighted by atomic mass is 9.85. The minimum absolute atomic E-state index is 0.100. The highest BCUT2D eigenvalue weighted by molar-refractivity contribution is 7.47. The number of aliphatic hydroxyl groups is 5. The minimum Gasteiger partial charge on any atom is -0.457 e. The van der Waals surface area contributed by atoms with Crippen LogP contribution in [0.15, 0.2) is 72.9 Å². The van der Waals surface area contributed by atoms with Crippen molar-refractivity contribution < 1.29 is 58.3 Å². The van der Waals surface area contributed by atoms with Crippen LogP contribution in [0, 0.1) is 0 Å². The van der Waals surface area contributed by atoms with Gasteiger partial charge in [0.2, 0.25) is 0 Å². The van der Waals surface area contributed by atoms with Gasteiger partial charge in [0, 0.05) is 13.0 Å². The number of ether oxygens (including phenoxy) is 2. The number of hydrogen-bond acceptors (Lipinski definition) is 11. The zero-order valence-electron chi connectivity index (χ0n) is 35.3. The highest BCUT2D eigenvalue weighted by Crippen LogP contribution is 2.47. The van der Waals surface area contributed by atoms with Crippen molar-refractivity contribution >= 4 is 13.8 Å². The Labute approximate surface area is 349 Å². The number of allylic oxidation sites excluding steroid dienone is 12. The lowest BCUT2D eigenvalue weighted by Crippen LogP contribution is -2.64. The Bertz CT molecular complexity index is 1230. The number of aliphatic hydroxyl groups excluding tert-OH is 5. The molecule has 1 rings (SSSR count). The average molecular weight is 841 g/mol. The van der Waals surface area contributed by atoms with E-state index in [0.717, 1.165) is 109 Å². The van der Waals surface area contributed by atoms with Crippen molar-refractivity contribution in [3.63, 3.8) is 0 Å². The second kappa shape index (κ2) is 35.5. The summed E-state index contributed by atoms with van der Waals surface area (Å²) in [4.78, 5) is 23.1. The summed E-state index contributed by atoms with van der Waals surface area (Å²) in [6, 6.07) is 0. The Hall–Kier alpha value is -2.22. The number of hydrogen-bond donors (Lipinski definition) is 6. The van der Waals surface area contributed by atoms with Crippen LogP contribution < -0.4 is 0 Å². The van der Waals surface area contributed by atoms with E-state index in [2.05, 4.69) is 86.8 Å². The number of carbonyl (C=O) groups is 1. The number of rotatable bonds is 35. The molecule has 0 aromatic carbocycles. The van der Waals surface area contributed by atoms with Crippen LogP contribution in [0.4, 0.5) is 0 Å². The van der Waals surface area contributed by atoms with Gasteiger partial charge < -0.3 is 39.9 Å². The van der Waals surface area contributed by atoms with Gasteiger partial charge in [0.1, 0.15) is 42.7 Å². The molecule has 12 nitrogen and oxygen atoms in total. The molecule has 0 heterocycles. The standard InChI is InChI=1S/C45H77O12P/c1-3-5-7-9-11-13-15-17-19-20-21-22-24-26-28-30-32-34-39(46)56-38(36-54-35-33-31-29-27-25-23-18-16-14-12-10-8-6-4-2)37-55-58(52,53)57-45-43(50)41(48)40(47)42(49)44(45)51/h5-8,11-14,17-19,23,38,40-45,47-51H,3-4,9-10,15-16,20-22,24-37H2,1-2H3,(H,52,53)/b7-5-,8-6-,13-11-,14-12-,19-17-,23-18-. The number of phosphoric acid groups is 1. The molecule has 1 saturated carbocycles. The molecule has 0 radical (unpaired) electrons. The summed E-state index contributed by atoms with van der Waals surface area (Å²) in [5, 5.41) is 50.1. The van der Waals surface area contributed by atoms with E-state index in [1.807, 2.05) is 0 Å². The Balaban J connectivity index is 2.45. The molecule has 6 unspecified atom stereocenters. The first kappa shape index (κ1) is 53.8. The molecule has 0 aromatic rings. The van der Waals surface area contributed by atoms with E-state index in [-0.39, 0.29) is 13.0 Å². The predicted molar refractivity (Wildman–Crippen MR) is 230 cm³/mol. The number of unbranched alkanes of at least 4 members (excludes halogenated alkanes) is 11. The van der Waals surface area contributed by atoms with Gasteiger partial charge in [-0.3, -0.25) is 13.8 Å². The first-order valence-electron chi connectivity index (χ1n) is 21.8. The largest absolute Gasteiger partial charge is 0.472 e. The van der Waals surface area contributed by atoms with Crippen LogP contribution in [0.25, 0.3) is 0 Å². The van der Waals surface area contributed by atoms with Crippen molar-refractivity contribution in [2.75, 3.05) is 19.8 Å². The van der Waals surface area contributed by atoms with Gasteiger partial charge in [0.15, 0.2) is 0 Å². The molecule has 0 amide bonds. The van der Waals surface area contributed by atoms with Crippen LogP contribution in [-0.2, 0) is 27.9 Å². The molecule has 0 aliphatic heterocycles. The van der Waals surface area contributed by atoms with Gasteiger partial charge in [-0.25, -0.2) is 4.57 Å². The second-order valence-corrected chi connectivity index (χ2v) is 16.2. The van der Waals surface area contributed by atoms with Crippen molar-refractivity contribution in [1.82, 2.24) is 0 Å². The molecule has 0 bridgehead atoms. The molecule has 334 valence electrons. The van der Waals surface area contributed by atoms with Gasteiger partial charge in [0.05, 0.1) is 13.2 Å². The maximum Gasteiger partial charge on any atom is 0.472 e. The van der Waals surface area contributed by atoms with Crippen molar-refractivity contribution in [1.29, 1.82) is 0 Å². The minimum atomic E-state index is -5.03. The van der Waals surface area contributed by atoms with Crippen LogP contribution in [0.1, 0.15) is 142 Å². The SMILES string of the molecule is CC/C=C\C/C=C\C/C=C\CCCCCCCCCC(=O)OC(COCCCCCC/C=C\C/C=C\C/C=C\CC)COP(=O)(O)OC1C(O)C(O)C(O)C(O)C1O.